The molecule has 1 N–H and O–H groups in total. The Morgan fingerprint density at radius 2 is 1.34 bits per heavy atom. The second-order valence-corrected chi connectivity index (χ2v) is 11.5. The highest BCUT2D eigenvalue weighted by Gasteiger charge is 2.32. The van der Waals surface area contributed by atoms with Crippen LogP contribution in [0.1, 0.15) is 144 Å². The van der Waals surface area contributed by atoms with Crippen LogP contribution in [0.15, 0.2) is 0 Å². The average Bonchev–Trinajstić information content (AvgIpc) is 2.80. The Hall–Kier alpha value is -0.0800. The number of hydrogen-bond donors (Lipinski definition) is 1. The molecule has 0 amide bonds. The molecule has 5 unspecified atom stereocenters. The summed E-state index contributed by atoms with van der Waals surface area (Å²) in [6.07, 6.45) is 20.5. The van der Waals surface area contributed by atoms with Gasteiger partial charge in [-0.2, -0.15) is 0 Å². The molecule has 32 heavy (non-hydrogen) atoms. The van der Waals surface area contributed by atoms with E-state index in [1.54, 1.807) is 0 Å². The maximum absolute atomic E-state index is 11.4. The van der Waals surface area contributed by atoms with Crippen LogP contribution in [0.25, 0.3) is 0 Å². The van der Waals surface area contributed by atoms with Crippen molar-refractivity contribution in [1.29, 1.82) is 0 Å². The maximum Gasteiger partial charge on any atom is 0.0625 e. The molecule has 0 bridgehead atoms. The van der Waals surface area contributed by atoms with Crippen molar-refractivity contribution in [2.24, 2.45) is 29.6 Å². The van der Waals surface area contributed by atoms with Crippen LogP contribution >= 0.6 is 0 Å². The van der Waals surface area contributed by atoms with E-state index in [0.29, 0.717) is 17.8 Å². The van der Waals surface area contributed by atoms with E-state index in [9.17, 15) is 5.11 Å². The van der Waals surface area contributed by atoms with Crippen LogP contribution in [-0.4, -0.2) is 23.9 Å². The molecule has 1 aliphatic rings. The summed E-state index contributed by atoms with van der Waals surface area (Å²) in [5.74, 6) is 3.06. The first-order valence-electron chi connectivity index (χ1n) is 14.7. The molecular formula is C30H60O2. The highest BCUT2D eigenvalue weighted by molar-refractivity contribution is 4.82. The predicted molar refractivity (Wildman–Crippen MR) is 141 cm³/mol. The molecule has 1 saturated carbocycles. The van der Waals surface area contributed by atoms with Crippen molar-refractivity contribution in [1.82, 2.24) is 0 Å². The third-order valence-corrected chi connectivity index (χ3v) is 8.49. The van der Waals surface area contributed by atoms with Crippen molar-refractivity contribution in [2.75, 3.05) is 6.61 Å². The van der Waals surface area contributed by atoms with Crippen molar-refractivity contribution < 1.29 is 9.84 Å². The summed E-state index contributed by atoms with van der Waals surface area (Å²) >= 11 is 0. The molecule has 5 atom stereocenters. The largest absolute Gasteiger partial charge is 0.392 e. The normalized spacial score (nSPS) is 24.1. The molecule has 0 aliphatic heterocycles. The lowest BCUT2D eigenvalue weighted by atomic mass is 9.77. The van der Waals surface area contributed by atoms with Crippen molar-refractivity contribution in [3.63, 3.8) is 0 Å². The summed E-state index contributed by atoms with van der Waals surface area (Å²) in [6, 6.07) is 0. The molecule has 0 aromatic rings. The zero-order valence-corrected chi connectivity index (χ0v) is 22.9. The Morgan fingerprint density at radius 1 is 0.781 bits per heavy atom. The minimum Gasteiger partial charge on any atom is -0.392 e. The molecule has 1 rings (SSSR count). The molecule has 0 spiro atoms. The lowest BCUT2D eigenvalue weighted by Gasteiger charge is -2.36. The number of aliphatic hydroxyl groups excluding tert-OH is 1. The summed E-state index contributed by atoms with van der Waals surface area (Å²) in [7, 11) is 0. The Labute approximate surface area is 202 Å². The summed E-state index contributed by atoms with van der Waals surface area (Å²) in [6.45, 7) is 14.8. The smallest absolute Gasteiger partial charge is 0.0625 e. The van der Waals surface area contributed by atoms with Crippen LogP contribution in [0.4, 0.5) is 0 Å². The Morgan fingerprint density at radius 3 is 1.97 bits per heavy atom. The second kappa shape index (κ2) is 18.3. The van der Waals surface area contributed by atoms with Gasteiger partial charge in [-0.05, 0) is 55.8 Å². The predicted octanol–water partition coefficient (Wildman–Crippen LogP) is 9.19. The van der Waals surface area contributed by atoms with Gasteiger partial charge in [0.2, 0.25) is 0 Å². The fraction of sp³-hybridized carbons (Fsp3) is 1.00. The van der Waals surface area contributed by atoms with E-state index in [1.165, 1.54) is 83.5 Å². The quantitative estimate of drug-likeness (QED) is 0.198. The Kier molecular flexibility index (Phi) is 17.1. The van der Waals surface area contributed by atoms with Gasteiger partial charge in [0.25, 0.3) is 0 Å². The fourth-order valence-electron chi connectivity index (χ4n) is 5.86. The zero-order chi connectivity index (χ0) is 23.8. The van der Waals surface area contributed by atoms with E-state index in [2.05, 4.69) is 41.5 Å². The highest BCUT2D eigenvalue weighted by atomic mass is 16.5. The van der Waals surface area contributed by atoms with Crippen LogP contribution in [0, 0.1) is 29.6 Å². The van der Waals surface area contributed by atoms with Crippen LogP contribution in [0.2, 0.25) is 0 Å². The lowest BCUT2D eigenvalue weighted by Crippen LogP contribution is -2.38. The molecule has 0 aromatic heterocycles. The molecule has 2 nitrogen and oxygen atoms in total. The molecular weight excluding hydrogens is 392 g/mol. The third kappa shape index (κ3) is 11.9. The summed E-state index contributed by atoms with van der Waals surface area (Å²) in [5.41, 5.74) is 0. The minimum absolute atomic E-state index is 0.207. The zero-order valence-electron chi connectivity index (χ0n) is 22.9. The van der Waals surface area contributed by atoms with Crippen molar-refractivity contribution in [2.45, 2.75) is 156 Å². The lowest BCUT2D eigenvalue weighted by molar-refractivity contribution is -0.0731. The van der Waals surface area contributed by atoms with E-state index in [4.69, 9.17) is 4.74 Å². The maximum atomic E-state index is 11.4. The van der Waals surface area contributed by atoms with Crippen LogP contribution in [0.3, 0.4) is 0 Å². The van der Waals surface area contributed by atoms with Gasteiger partial charge in [-0.15, -0.1) is 0 Å². The van der Waals surface area contributed by atoms with Gasteiger partial charge >= 0.3 is 0 Å². The van der Waals surface area contributed by atoms with Gasteiger partial charge in [0, 0.05) is 12.5 Å². The van der Waals surface area contributed by atoms with Gasteiger partial charge in [-0.3, -0.25) is 0 Å². The molecule has 0 radical (unpaired) electrons. The molecule has 2 heteroatoms. The average molecular weight is 453 g/mol. The first-order chi connectivity index (χ1) is 15.4. The van der Waals surface area contributed by atoms with Gasteiger partial charge in [0.15, 0.2) is 0 Å². The Bertz CT molecular complexity index is 415. The van der Waals surface area contributed by atoms with E-state index in [1.807, 2.05) is 0 Å². The summed E-state index contributed by atoms with van der Waals surface area (Å²) in [5, 5.41) is 11.4. The van der Waals surface area contributed by atoms with Crippen molar-refractivity contribution >= 4 is 0 Å². The summed E-state index contributed by atoms with van der Waals surface area (Å²) in [4.78, 5) is 0. The van der Waals surface area contributed by atoms with Gasteiger partial charge in [-0.1, -0.05) is 112 Å². The van der Waals surface area contributed by atoms with Gasteiger partial charge in [0.05, 0.1) is 12.2 Å². The Balaban J connectivity index is 2.57. The topological polar surface area (TPSA) is 29.5 Å². The molecule has 0 saturated heterocycles. The van der Waals surface area contributed by atoms with Crippen molar-refractivity contribution in [3.05, 3.63) is 0 Å². The third-order valence-electron chi connectivity index (χ3n) is 8.49. The minimum atomic E-state index is -0.224. The first kappa shape index (κ1) is 30.0. The number of hydrogen-bond acceptors (Lipinski definition) is 2. The number of unbranched alkanes of at least 4 members (excludes halogenated alkanes) is 7. The van der Waals surface area contributed by atoms with Gasteiger partial charge in [0.1, 0.15) is 0 Å². The number of aliphatic hydroxyl groups is 1. The van der Waals surface area contributed by atoms with E-state index < -0.39 is 0 Å². The molecule has 0 aromatic carbocycles. The van der Waals surface area contributed by atoms with Crippen molar-refractivity contribution in [3.8, 4) is 0 Å². The molecule has 1 fully saturated rings. The second-order valence-electron chi connectivity index (χ2n) is 11.5. The molecule has 192 valence electrons. The van der Waals surface area contributed by atoms with E-state index >= 15 is 0 Å². The first-order valence-corrected chi connectivity index (χ1v) is 14.7. The van der Waals surface area contributed by atoms with E-state index in [-0.39, 0.29) is 12.2 Å². The monoisotopic (exact) mass is 452 g/mol. The molecule has 0 heterocycles. The SMILES string of the molecule is CCCCCCCCC(C)C(O)C(CCCCC)C(CC)OCC(C)C1CCC(C)CC1. The van der Waals surface area contributed by atoms with Gasteiger partial charge < -0.3 is 9.84 Å². The summed E-state index contributed by atoms with van der Waals surface area (Å²) < 4.78 is 6.61. The standard InChI is InChI=1S/C30H60O2/c1-7-10-12-13-14-16-17-25(5)30(31)28(18-15-11-8-2)29(9-3)32-23-26(6)27-21-19-24(4)20-22-27/h24-31H,7-23H2,1-6H3. The van der Waals surface area contributed by atoms with Crippen LogP contribution in [-0.2, 0) is 4.74 Å². The molecule has 1 aliphatic carbocycles. The van der Waals surface area contributed by atoms with Crippen LogP contribution in [0.5, 0.6) is 0 Å². The highest BCUT2D eigenvalue weighted by Crippen LogP contribution is 2.34. The number of rotatable bonds is 19. The van der Waals surface area contributed by atoms with Gasteiger partial charge in [-0.25, -0.2) is 0 Å². The fourth-order valence-corrected chi connectivity index (χ4v) is 5.86. The van der Waals surface area contributed by atoms with E-state index in [0.717, 1.165) is 37.7 Å². The van der Waals surface area contributed by atoms with Crippen LogP contribution < -0.4 is 0 Å². The number of ether oxygens (including phenoxy) is 1.